The van der Waals surface area contributed by atoms with Crippen molar-refractivity contribution in [3.8, 4) is 17.0 Å². The number of halogens is 1. The number of carbonyl (C=O) groups excluding carboxylic acids is 1. The van der Waals surface area contributed by atoms with E-state index >= 15 is 0 Å². The Labute approximate surface area is 184 Å². The topological polar surface area (TPSA) is 102 Å². The number of aromatic hydroxyl groups is 1. The number of rotatable bonds is 6. The highest BCUT2D eigenvalue weighted by atomic mass is 35.5. The van der Waals surface area contributed by atoms with Gasteiger partial charge in [-0.3, -0.25) is 14.8 Å². The highest BCUT2D eigenvalue weighted by molar-refractivity contribution is 6.33. The number of phenolic OH excluding ortho intramolecular Hbond substituents is 1. The molecule has 3 aromatic rings. The second kappa shape index (κ2) is 8.87. The predicted octanol–water partition coefficient (Wildman–Crippen LogP) is 4.36. The van der Waals surface area contributed by atoms with Crippen LogP contribution >= 0.6 is 11.6 Å². The minimum Gasteiger partial charge on any atom is -0.507 e. The van der Waals surface area contributed by atoms with Gasteiger partial charge in [-0.15, -0.1) is 4.91 Å². The van der Waals surface area contributed by atoms with E-state index in [4.69, 9.17) is 11.6 Å². The van der Waals surface area contributed by atoms with Crippen molar-refractivity contribution in [2.45, 2.75) is 13.5 Å². The molecule has 2 N–H and O–H groups in total. The van der Waals surface area contributed by atoms with Gasteiger partial charge in [0.2, 0.25) is 0 Å². The molecule has 8 nitrogen and oxygen atoms in total. The lowest BCUT2D eigenvalue weighted by molar-refractivity contribution is 0.101. The Morgan fingerprint density at radius 3 is 2.55 bits per heavy atom. The summed E-state index contributed by atoms with van der Waals surface area (Å²) >= 11 is 6.10. The summed E-state index contributed by atoms with van der Waals surface area (Å²) < 4.78 is 0. The van der Waals surface area contributed by atoms with Crippen LogP contribution in [-0.2, 0) is 6.54 Å². The molecule has 1 aliphatic rings. The molecule has 4 rings (SSSR count). The number of ketones is 1. The normalized spacial score (nSPS) is 14.6. The van der Waals surface area contributed by atoms with Crippen LogP contribution in [0.4, 0.5) is 11.4 Å². The highest BCUT2D eigenvalue weighted by Crippen LogP contribution is 2.40. The van der Waals surface area contributed by atoms with Gasteiger partial charge in [0.05, 0.1) is 22.6 Å². The van der Waals surface area contributed by atoms with Gasteiger partial charge in [0.15, 0.2) is 5.78 Å². The van der Waals surface area contributed by atoms with E-state index in [1.165, 1.54) is 17.7 Å². The van der Waals surface area contributed by atoms with Gasteiger partial charge in [0.25, 0.3) is 0 Å². The number of nitrogens with zero attached hydrogens (tertiary/aromatic N) is 4. The van der Waals surface area contributed by atoms with Crippen LogP contribution < -0.4 is 4.90 Å². The Hall–Kier alpha value is -3.23. The molecule has 0 unspecified atom stereocenters. The molecule has 0 atom stereocenters. The summed E-state index contributed by atoms with van der Waals surface area (Å²) in [5.74, 6) is -0.0161. The number of H-pyrrole nitrogens is 1. The summed E-state index contributed by atoms with van der Waals surface area (Å²) in [5.41, 5.74) is 3.87. The average molecular weight is 440 g/mol. The van der Waals surface area contributed by atoms with Crippen molar-refractivity contribution in [2.75, 3.05) is 31.1 Å². The predicted molar refractivity (Wildman–Crippen MR) is 120 cm³/mol. The number of hydrogen-bond acceptors (Lipinski definition) is 7. The molecule has 1 fully saturated rings. The maximum atomic E-state index is 11.4. The number of nitrogens with one attached hydrogen (secondary N) is 1. The van der Waals surface area contributed by atoms with E-state index in [1.807, 2.05) is 24.3 Å². The van der Waals surface area contributed by atoms with Crippen molar-refractivity contribution >= 4 is 28.8 Å². The molecule has 1 saturated heterocycles. The summed E-state index contributed by atoms with van der Waals surface area (Å²) in [6.45, 7) is 5.70. The minimum atomic E-state index is -0.0860. The molecule has 0 radical (unpaired) electrons. The van der Waals surface area contributed by atoms with Gasteiger partial charge in [0.1, 0.15) is 11.4 Å². The van der Waals surface area contributed by atoms with Crippen LogP contribution in [0.15, 0.2) is 47.8 Å². The van der Waals surface area contributed by atoms with E-state index in [0.717, 1.165) is 44.0 Å². The fourth-order valence-electron chi connectivity index (χ4n) is 3.79. The number of aromatic amines is 1. The van der Waals surface area contributed by atoms with E-state index in [-0.39, 0.29) is 22.2 Å². The number of carbonyl (C=O) groups is 1. The summed E-state index contributed by atoms with van der Waals surface area (Å²) in [6, 6.07) is 10.5. The Bertz CT molecular complexity index is 1100. The van der Waals surface area contributed by atoms with Crippen molar-refractivity contribution < 1.29 is 9.90 Å². The summed E-state index contributed by atoms with van der Waals surface area (Å²) in [5, 5.41) is 20.4. The van der Waals surface area contributed by atoms with E-state index < -0.39 is 0 Å². The number of aromatic nitrogens is 2. The molecular formula is C22H22ClN5O3. The number of piperazine rings is 1. The van der Waals surface area contributed by atoms with Gasteiger partial charge >= 0.3 is 0 Å². The third-order valence-corrected chi connectivity index (χ3v) is 5.83. The lowest BCUT2D eigenvalue weighted by atomic mass is 10.1. The first-order valence-electron chi connectivity index (χ1n) is 9.93. The van der Waals surface area contributed by atoms with Crippen LogP contribution in [0, 0.1) is 4.91 Å². The average Bonchev–Trinajstić information content (AvgIpc) is 3.25. The number of hydrogen-bond donors (Lipinski definition) is 2. The molecule has 0 saturated carbocycles. The van der Waals surface area contributed by atoms with Crippen molar-refractivity contribution in [2.24, 2.45) is 5.18 Å². The maximum Gasteiger partial charge on any atom is 0.159 e. The van der Waals surface area contributed by atoms with Crippen molar-refractivity contribution in [3.63, 3.8) is 0 Å². The Kier molecular flexibility index (Phi) is 6.01. The monoisotopic (exact) mass is 439 g/mol. The molecular weight excluding hydrogens is 418 g/mol. The summed E-state index contributed by atoms with van der Waals surface area (Å²) in [4.78, 5) is 26.8. The third-order valence-electron chi connectivity index (χ3n) is 5.53. The Morgan fingerprint density at radius 2 is 1.90 bits per heavy atom. The second-order valence-corrected chi connectivity index (χ2v) is 7.97. The molecule has 0 bridgehead atoms. The molecule has 160 valence electrons. The van der Waals surface area contributed by atoms with E-state index in [0.29, 0.717) is 11.3 Å². The molecule has 2 heterocycles. The summed E-state index contributed by atoms with van der Waals surface area (Å²) in [6.07, 6.45) is 1.73. The standard InChI is InChI=1S/C22H22ClN5O3/c1-14(29)16-4-2-15(3-5-16)13-27-6-8-28(9-7-27)20-12-24-25-22(20)17-10-18(23)19(26-31)11-21(17)30/h2-5,10-12,30H,6-9,13H2,1H3,(H,24,25). The van der Waals surface area contributed by atoms with Crippen molar-refractivity contribution in [1.82, 2.24) is 15.1 Å². The first-order chi connectivity index (χ1) is 15.0. The van der Waals surface area contributed by atoms with Gasteiger partial charge in [-0.25, -0.2) is 0 Å². The molecule has 0 spiro atoms. The fraction of sp³-hybridized carbons (Fsp3) is 0.273. The number of phenols is 1. The fourth-order valence-corrected chi connectivity index (χ4v) is 3.99. The lowest BCUT2D eigenvalue weighted by Crippen LogP contribution is -2.46. The second-order valence-electron chi connectivity index (χ2n) is 7.56. The highest BCUT2D eigenvalue weighted by Gasteiger charge is 2.23. The molecule has 31 heavy (non-hydrogen) atoms. The number of anilines is 1. The zero-order valence-corrected chi connectivity index (χ0v) is 17.8. The van der Waals surface area contributed by atoms with Gasteiger partial charge in [-0.2, -0.15) is 5.10 Å². The van der Waals surface area contributed by atoms with Crippen LogP contribution in [0.1, 0.15) is 22.8 Å². The smallest absolute Gasteiger partial charge is 0.159 e. The van der Waals surface area contributed by atoms with Crippen LogP contribution in [0.5, 0.6) is 5.75 Å². The molecule has 0 amide bonds. The quantitative estimate of drug-likeness (QED) is 0.437. The summed E-state index contributed by atoms with van der Waals surface area (Å²) in [7, 11) is 0. The number of benzene rings is 2. The number of nitroso groups, excluding NO2 is 1. The van der Waals surface area contributed by atoms with Crippen LogP contribution in [0.25, 0.3) is 11.3 Å². The zero-order chi connectivity index (χ0) is 22.0. The van der Waals surface area contributed by atoms with Crippen molar-refractivity contribution in [1.29, 1.82) is 0 Å². The zero-order valence-electron chi connectivity index (χ0n) is 17.0. The van der Waals surface area contributed by atoms with Crippen molar-refractivity contribution in [3.05, 3.63) is 63.7 Å². The molecule has 9 heteroatoms. The molecule has 1 aromatic heterocycles. The van der Waals surface area contributed by atoms with Crippen LogP contribution in [0.2, 0.25) is 5.02 Å². The molecule has 0 aliphatic carbocycles. The van der Waals surface area contributed by atoms with E-state index in [9.17, 15) is 14.8 Å². The Balaban J connectivity index is 1.45. The molecule has 1 aliphatic heterocycles. The Morgan fingerprint density at radius 1 is 1.19 bits per heavy atom. The molecule has 2 aromatic carbocycles. The van der Waals surface area contributed by atoms with Crippen LogP contribution in [-0.4, -0.2) is 52.2 Å². The van der Waals surface area contributed by atoms with E-state index in [1.54, 1.807) is 13.1 Å². The van der Waals surface area contributed by atoms with Gasteiger partial charge < -0.3 is 10.0 Å². The van der Waals surface area contributed by atoms with Gasteiger partial charge in [-0.1, -0.05) is 35.9 Å². The first kappa shape index (κ1) is 21.0. The third kappa shape index (κ3) is 4.45. The largest absolute Gasteiger partial charge is 0.507 e. The SMILES string of the molecule is CC(=O)c1ccc(CN2CCN(c3cn[nH]c3-c3cc(Cl)c(N=O)cc3O)CC2)cc1. The van der Waals surface area contributed by atoms with Crippen LogP contribution in [0.3, 0.4) is 0 Å². The maximum absolute atomic E-state index is 11.4. The minimum absolute atomic E-state index is 0.00562. The van der Waals surface area contributed by atoms with Gasteiger partial charge in [-0.05, 0) is 23.7 Å². The number of Topliss-reactive ketones (excluding diaryl/α,β-unsaturated/α-hetero) is 1. The first-order valence-corrected chi connectivity index (χ1v) is 10.3. The van der Waals surface area contributed by atoms with E-state index in [2.05, 4.69) is 25.2 Å². The van der Waals surface area contributed by atoms with Gasteiger partial charge in [0, 0.05) is 49.9 Å². The lowest BCUT2D eigenvalue weighted by Gasteiger charge is -2.36.